The van der Waals surface area contributed by atoms with Gasteiger partial charge in [0.1, 0.15) is 11.6 Å². The van der Waals surface area contributed by atoms with E-state index in [2.05, 4.69) is 91.0 Å². The quantitative estimate of drug-likeness (QED) is 0.160. The topological polar surface area (TPSA) is 32.3 Å². The fraction of sp³-hybridized carbons (Fsp3) is 0.282. The fourth-order valence-corrected chi connectivity index (χ4v) is 6.36. The lowest BCUT2D eigenvalue weighted by Gasteiger charge is -2.40. The summed E-state index contributed by atoms with van der Waals surface area (Å²) in [6.45, 7) is 12.1. The summed E-state index contributed by atoms with van der Waals surface area (Å²) >= 11 is 0. The summed E-state index contributed by atoms with van der Waals surface area (Å²) in [6.07, 6.45) is 5.73. The van der Waals surface area contributed by atoms with Crippen molar-refractivity contribution in [1.82, 2.24) is 14.9 Å². The van der Waals surface area contributed by atoms with Gasteiger partial charge in [-0.15, -0.1) is 37.2 Å². The molecule has 0 spiro atoms. The maximum atomic E-state index is 13.8. The van der Waals surface area contributed by atoms with Crippen LogP contribution in [0.4, 0.5) is 14.5 Å². The molecule has 2 aromatic heterocycles. The van der Waals surface area contributed by atoms with Crippen LogP contribution in [0.1, 0.15) is 46.2 Å². The molecule has 3 aromatic carbocycles. The Bertz CT molecular complexity index is 1770. The van der Waals surface area contributed by atoms with Crippen molar-refractivity contribution in [1.29, 1.82) is 0 Å². The molecule has 4 nitrogen and oxygen atoms in total. The molecule has 254 valence electrons. The zero-order valence-electron chi connectivity index (χ0n) is 27.7. The average molecular weight is 712 g/mol. The van der Waals surface area contributed by atoms with Crippen LogP contribution in [-0.2, 0) is 13.1 Å². The first-order valence-electron chi connectivity index (χ1n) is 15.7. The number of aryl methyl sites for hydroxylation is 3. The molecular weight excluding hydrogens is 669 g/mol. The van der Waals surface area contributed by atoms with E-state index in [0.717, 1.165) is 61.9 Å². The lowest BCUT2D eigenvalue weighted by atomic mass is 9.97. The summed E-state index contributed by atoms with van der Waals surface area (Å²) < 4.78 is 27.7. The van der Waals surface area contributed by atoms with E-state index >= 15 is 0 Å². The third-order valence-electron chi connectivity index (χ3n) is 9.15. The number of piperidine rings is 1. The van der Waals surface area contributed by atoms with Crippen molar-refractivity contribution < 1.29 is 8.78 Å². The number of rotatable bonds is 8. The Hall–Kier alpha value is -3.55. The minimum absolute atomic E-state index is 0. The minimum atomic E-state index is -0.597. The van der Waals surface area contributed by atoms with Crippen LogP contribution in [0.3, 0.4) is 0 Å². The highest BCUT2D eigenvalue weighted by Gasteiger charge is 2.26. The normalized spacial score (nSPS) is 13.2. The van der Waals surface area contributed by atoms with Crippen LogP contribution >= 0.6 is 37.2 Å². The Kier molecular flexibility index (Phi) is 13.9. The predicted molar refractivity (Wildman–Crippen MR) is 201 cm³/mol. The molecule has 0 unspecified atom stereocenters. The molecule has 1 aliphatic heterocycles. The summed E-state index contributed by atoms with van der Waals surface area (Å²) in [5, 5.41) is 0. The van der Waals surface area contributed by atoms with Gasteiger partial charge in [-0.1, -0.05) is 17.7 Å². The van der Waals surface area contributed by atoms with E-state index in [0.29, 0.717) is 17.3 Å². The number of benzene rings is 3. The second-order valence-electron chi connectivity index (χ2n) is 12.5. The Morgan fingerprint density at radius 3 is 1.77 bits per heavy atom. The lowest BCUT2D eigenvalue weighted by molar-refractivity contribution is 0.201. The second-order valence-corrected chi connectivity index (χ2v) is 12.5. The highest BCUT2D eigenvalue weighted by molar-refractivity contribution is 5.86. The molecule has 1 saturated heterocycles. The fourth-order valence-electron chi connectivity index (χ4n) is 6.36. The Morgan fingerprint density at radius 2 is 1.19 bits per heavy atom. The number of nitrogens with zero attached hydrogens (tertiary/aromatic N) is 4. The maximum Gasteiger partial charge on any atom is 0.126 e. The predicted octanol–water partition coefficient (Wildman–Crippen LogP) is 10.3. The van der Waals surface area contributed by atoms with E-state index in [1.807, 2.05) is 18.3 Å². The van der Waals surface area contributed by atoms with Crippen molar-refractivity contribution in [2.24, 2.45) is 0 Å². The number of aromatic nitrogens is 2. The smallest absolute Gasteiger partial charge is 0.126 e. The minimum Gasteiger partial charge on any atom is -0.364 e. The Morgan fingerprint density at radius 1 is 0.667 bits per heavy atom. The first-order chi connectivity index (χ1) is 21.7. The van der Waals surface area contributed by atoms with Crippen molar-refractivity contribution in [3.63, 3.8) is 0 Å². The van der Waals surface area contributed by atoms with Crippen LogP contribution in [0, 0.1) is 39.3 Å². The molecule has 6 rings (SSSR count). The van der Waals surface area contributed by atoms with Gasteiger partial charge in [0.2, 0.25) is 0 Å². The lowest BCUT2D eigenvalue weighted by Crippen LogP contribution is -2.44. The molecule has 0 aliphatic carbocycles. The molecule has 1 aliphatic rings. The van der Waals surface area contributed by atoms with Crippen molar-refractivity contribution in [3.8, 4) is 22.5 Å². The number of anilines is 1. The van der Waals surface area contributed by atoms with Crippen LogP contribution in [-0.4, -0.2) is 34.0 Å². The summed E-state index contributed by atoms with van der Waals surface area (Å²) in [5.41, 5.74) is 11.9. The van der Waals surface area contributed by atoms with Gasteiger partial charge in [0, 0.05) is 67.5 Å². The Balaban J connectivity index is 0.00000208. The van der Waals surface area contributed by atoms with Gasteiger partial charge >= 0.3 is 0 Å². The summed E-state index contributed by atoms with van der Waals surface area (Å²) in [4.78, 5) is 14.1. The molecule has 5 aromatic rings. The standard InChI is InChI=1S/C39H40F2N4.3ClH/c1-26-5-7-36(8-6-26)45(25-31-10-14-42-38(20-31)32-17-27(2)29(4)28(3)18-32)37-11-15-44(16-12-37)24-30-9-13-43-39(19-30)33-21-34(40)23-35(41)22-33;;;/h5-10,13-14,17-23,37H,11-12,15-16,24-25H2,1-4H3;3*1H. The van der Waals surface area contributed by atoms with Gasteiger partial charge in [-0.3, -0.25) is 14.9 Å². The molecule has 0 radical (unpaired) electrons. The molecule has 0 amide bonds. The summed E-state index contributed by atoms with van der Waals surface area (Å²) in [6, 6.07) is 25.6. The number of hydrogen-bond donors (Lipinski definition) is 0. The van der Waals surface area contributed by atoms with Crippen LogP contribution < -0.4 is 4.90 Å². The van der Waals surface area contributed by atoms with Crippen molar-refractivity contribution in [3.05, 3.63) is 136 Å². The summed E-state index contributed by atoms with van der Waals surface area (Å²) in [5.74, 6) is -1.19. The van der Waals surface area contributed by atoms with Gasteiger partial charge in [0.25, 0.3) is 0 Å². The van der Waals surface area contributed by atoms with E-state index in [4.69, 9.17) is 4.98 Å². The molecule has 0 atom stereocenters. The molecule has 9 heteroatoms. The molecule has 3 heterocycles. The highest BCUT2D eigenvalue weighted by Crippen LogP contribution is 2.29. The molecule has 1 fully saturated rings. The SMILES string of the molecule is Cc1ccc(N(Cc2ccnc(-c3cc(C)c(C)c(C)c3)c2)C2CCN(Cc3ccnc(-c4cc(F)cc(F)c4)c3)CC2)cc1.Cl.Cl.Cl. The van der Waals surface area contributed by atoms with Crippen LogP contribution in [0.15, 0.2) is 91.3 Å². The maximum absolute atomic E-state index is 13.8. The average Bonchev–Trinajstić information content (AvgIpc) is 3.03. The van der Waals surface area contributed by atoms with E-state index in [1.165, 1.54) is 45.6 Å². The summed E-state index contributed by atoms with van der Waals surface area (Å²) in [7, 11) is 0. The molecule has 0 N–H and O–H groups in total. The van der Waals surface area contributed by atoms with Gasteiger partial charge in [0.05, 0.1) is 11.4 Å². The molecular formula is C39H43Cl3F2N4. The van der Waals surface area contributed by atoms with E-state index < -0.39 is 11.6 Å². The third kappa shape index (κ3) is 9.32. The third-order valence-corrected chi connectivity index (χ3v) is 9.15. The van der Waals surface area contributed by atoms with E-state index in [1.54, 1.807) is 6.20 Å². The van der Waals surface area contributed by atoms with Crippen molar-refractivity contribution >= 4 is 42.9 Å². The van der Waals surface area contributed by atoms with Crippen molar-refractivity contribution in [2.45, 2.75) is 59.7 Å². The van der Waals surface area contributed by atoms with Crippen LogP contribution in [0.2, 0.25) is 0 Å². The Labute approximate surface area is 301 Å². The van der Waals surface area contributed by atoms with Crippen molar-refractivity contribution in [2.75, 3.05) is 18.0 Å². The van der Waals surface area contributed by atoms with Gasteiger partial charge < -0.3 is 4.90 Å². The van der Waals surface area contributed by atoms with Crippen LogP contribution in [0.25, 0.3) is 22.5 Å². The molecule has 0 bridgehead atoms. The van der Waals surface area contributed by atoms with Gasteiger partial charge in [-0.25, -0.2) is 8.78 Å². The van der Waals surface area contributed by atoms with Gasteiger partial charge in [0.15, 0.2) is 0 Å². The van der Waals surface area contributed by atoms with Gasteiger partial charge in [-0.05, 0) is 129 Å². The first kappa shape index (κ1) is 38.9. The van der Waals surface area contributed by atoms with Crippen LogP contribution in [0.5, 0.6) is 0 Å². The largest absolute Gasteiger partial charge is 0.364 e. The molecule has 0 saturated carbocycles. The van der Waals surface area contributed by atoms with Gasteiger partial charge in [-0.2, -0.15) is 0 Å². The number of halogens is 5. The number of hydrogen-bond acceptors (Lipinski definition) is 4. The number of pyridine rings is 2. The van der Waals surface area contributed by atoms with E-state index in [-0.39, 0.29) is 37.2 Å². The molecule has 48 heavy (non-hydrogen) atoms. The zero-order chi connectivity index (χ0) is 31.5. The number of likely N-dealkylation sites (tertiary alicyclic amines) is 1. The first-order valence-corrected chi connectivity index (χ1v) is 15.7. The second kappa shape index (κ2) is 17.2. The van der Waals surface area contributed by atoms with E-state index in [9.17, 15) is 8.78 Å². The zero-order valence-corrected chi connectivity index (χ0v) is 30.2. The monoisotopic (exact) mass is 710 g/mol. The highest BCUT2D eigenvalue weighted by atomic mass is 35.5.